The minimum Gasteiger partial charge on any atom is -0.456 e. The second-order valence-electron chi connectivity index (χ2n) is 16.2. The second-order valence-corrected chi connectivity index (χ2v) is 16.2. The Labute approximate surface area is 343 Å². The van der Waals surface area contributed by atoms with E-state index in [1.807, 2.05) is 0 Å². The Bertz CT molecular complexity index is 3090. The van der Waals surface area contributed by atoms with Crippen molar-refractivity contribution in [3.05, 3.63) is 192 Å². The van der Waals surface area contributed by atoms with Gasteiger partial charge in [-0.2, -0.15) is 0 Å². The van der Waals surface area contributed by atoms with Crippen LogP contribution in [0.5, 0.6) is 0 Å². The van der Waals surface area contributed by atoms with Crippen LogP contribution in [-0.4, -0.2) is 0 Å². The Hall–Kier alpha value is -7.30. The maximum Gasteiger partial charge on any atom is 0.139 e. The molecule has 0 unspecified atom stereocenters. The van der Waals surface area contributed by atoms with Crippen molar-refractivity contribution in [3.8, 4) is 0 Å². The molecule has 284 valence electrons. The SMILES string of the molecule is Cc1ccc(N(c2ccc(C)cc2)c2ccc3cc4c(cc3c2)oc2cc3oc5cc6cc(N(c7ccc(C)cc7)c7ccc(C)cc7)ccc6cc5c3c(C)c24)cc1. The molecule has 0 fully saturated rings. The molecule has 0 aliphatic carbocycles. The summed E-state index contributed by atoms with van der Waals surface area (Å²) < 4.78 is 13.4. The predicted molar refractivity (Wildman–Crippen MR) is 249 cm³/mol. The molecule has 4 nitrogen and oxygen atoms in total. The van der Waals surface area contributed by atoms with Gasteiger partial charge in [0.25, 0.3) is 0 Å². The first-order valence-corrected chi connectivity index (χ1v) is 20.3. The summed E-state index contributed by atoms with van der Waals surface area (Å²) in [6.07, 6.45) is 0. The predicted octanol–water partition coefficient (Wildman–Crippen LogP) is 16.3. The van der Waals surface area contributed by atoms with Crippen molar-refractivity contribution in [1.82, 2.24) is 0 Å². The van der Waals surface area contributed by atoms with Gasteiger partial charge in [0.1, 0.15) is 22.3 Å². The van der Waals surface area contributed by atoms with Crippen molar-refractivity contribution >= 4 is 99.5 Å². The Morgan fingerprint density at radius 2 is 0.610 bits per heavy atom. The minimum absolute atomic E-state index is 0.833. The van der Waals surface area contributed by atoms with E-state index in [9.17, 15) is 0 Å². The van der Waals surface area contributed by atoms with Crippen LogP contribution in [-0.2, 0) is 0 Å². The summed E-state index contributed by atoms with van der Waals surface area (Å²) in [5, 5.41) is 9.06. The number of aryl methyl sites for hydroxylation is 5. The molecule has 0 amide bonds. The highest BCUT2D eigenvalue weighted by Crippen LogP contribution is 2.44. The third-order valence-corrected chi connectivity index (χ3v) is 12.0. The maximum atomic E-state index is 6.68. The number of anilines is 6. The van der Waals surface area contributed by atoms with Crippen LogP contribution in [0.15, 0.2) is 173 Å². The highest BCUT2D eigenvalue weighted by atomic mass is 16.3. The lowest BCUT2D eigenvalue weighted by Crippen LogP contribution is -2.09. The van der Waals surface area contributed by atoms with Gasteiger partial charge in [0, 0.05) is 61.7 Å². The summed E-state index contributed by atoms with van der Waals surface area (Å²) in [6.45, 7) is 10.7. The fraction of sp³-hybridized carbons (Fsp3) is 0.0909. The summed E-state index contributed by atoms with van der Waals surface area (Å²) >= 11 is 0. The van der Waals surface area contributed by atoms with Gasteiger partial charge in [-0.1, -0.05) is 82.9 Å². The molecule has 2 aromatic heterocycles. The lowest BCUT2D eigenvalue weighted by molar-refractivity contribution is 0.656. The van der Waals surface area contributed by atoms with Crippen LogP contribution in [0.1, 0.15) is 27.8 Å². The van der Waals surface area contributed by atoms with E-state index in [-0.39, 0.29) is 0 Å². The molecule has 0 saturated heterocycles. The van der Waals surface area contributed by atoms with Crippen LogP contribution >= 0.6 is 0 Å². The van der Waals surface area contributed by atoms with Gasteiger partial charge in [-0.3, -0.25) is 0 Å². The molecule has 0 spiro atoms. The first kappa shape index (κ1) is 34.9. The first-order chi connectivity index (χ1) is 28.7. The summed E-state index contributed by atoms with van der Waals surface area (Å²) in [4.78, 5) is 4.64. The second kappa shape index (κ2) is 13.4. The molecule has 2 heterocycles. The maximum absolute atomic E-state index is 6.68. The smallest absolute Gasteiger partial charge is 0.139 e. The summed E-state index contributed by atoms with van der Waals surface area (Å²) in [6, 6.07) is 59.4. The summed E-state index contributed by atoms with van der Waals surface area (Å²) in [5.74, 6) is 0. The molecule has 11 aromatic rings. The van der Waals surface area contributed by atoms with Crippen molar-refractivity contribution in [2.24, 2.45) is 0 Å². The molecule has 59 heavy (non-hydrogen) atoms. The topological polar surface area (TPSA) is 32.8 Å². The van der Waals surface area contributed by atoms with Crippen molar-refractivity contribution in [1.29, 1.82) is 0 Å². The standard InChI is InChI=1S/C55H42N2O2/c1-33-6-16-42(17-7-33)56(43-18-8-34(2)9-19-43)46-24-14-38-28-48-50(30-40(38)26-46)58-52-32-53-55(37(5)54(48)52)49-29-39-15-25-47(27-41(39)31-51(49)59-53)57(44-20-10-35(3)11-21-44)45-22-12-36(4)13-23-45/h6-32H,1-5H3. The Morgan fingerprint density at radius 1 is 0.288 bits per heavy atom. The number of hydrogen-bond acceptors (Lipinski definition) is 4. The third kappa shape index (κ3) is 5.90. The van der Waals surface area contributed by atoms with Gasteiger partial charge in [0.05, 0.1) is 0 Å². The van der Waals surface area contributed by atoms with E-state index < -0.39 is 0 Å². The zero-order valence-electron chi connectivity index (χ0n) is 33.8. The van der Waals surface area contributed by atoms with E-state index in [4.69, 9.17) is 8.83 Å². The largest absolute Gasteiger partial charge is 0.456 e. The molecule has 0 saturated carbocycles. The van der Waals surface area contributed by atoms with Gasteiger partial charge in [-0.05, 0) is 159 Å². The Kier molecular flexibility index (Phi) is 7.92. The van der Waals surface area contributed by atoms with Crippen molar-refractivity contribution in [2.45, 2.75) is 34.6 Å². The van der Waals surface area contributed by atoms with Crippen LogP contribution in [0, 0.1) is 34.6 Å². The fourth-order valence-electron chi connectivity index (χ4n) is 8.86. The molecule has 0 atom stereocenters. The molecule has 4 heteroatoms. The van der Waals surface area contributed by atoms with Crippen LogP contribution in [0.3, 0.4) is 0 Å². The van der Waals surface area contributed by atoms with Crippen LogP contribution < -0.4 is 9.80 Å². The number of hydrogen-bond donors (Lipinski definition) is 0. The quantitative estimate of drug-likeness (QED) is 0.169. The number of rotatable bonds is 6. The number of nitrogens with zero attached hydrogens (tertiary/aromatic N) is 2. The number of fused-ring (bicyclic) bond motifs is 8. The number of furan rings is 2. The third-order valence-electron chi connectivity index (χ3n) is 12.0. The first-order valence-electron chi connectivity index (χ1n) is 20.3. The molecule has 0 bridgehead atoms. The molecule has 11 rings (SSSR count). The molecular formula is C55H42N2O2. The average Bonchev–Trinajstić information content (AvgIpc) is 3.79. The number of benzene rings is 9. The average molecular weight is 763 g/mol. The lowest BCUT2D eigenvalue weighted by Gasteiger charge is -2.26. The van der Waals surface area contributed by atoms with Crippen molar-refractivity contribution in [2.75, 3.05) is 9.80 Å². The van der Waals surface area contributed by atoms with Gasteiger partial charge in [0.2, 0.25) is 0 Å². The Morgan fingerprint density at radius 3 is 0.949 bits per heavy atom. The van der Waals surface area contributed by atoms with E-state index in [2.05, 4.69) is 208 Å². The monoisotopic (exact) mass is 762 g/mol. The highest BCUT2D eigenvalue weighted by Gasteiger charge is 2.20. The van der Waals surface area contributed by atoms with E-state index in [0.29, 0.717) is 0 Å². The zero-order valence-corrected chi connectivity index (χ0v) is 33.8. The van der Waals surface area contributed by atoms with Gasteiger partial charge >= 0.3 is 0 Å². The molecule has 0 N–H and O–H groups in total. The summed E-state index contributed by atoms with van der Waals surface area (Å²) in [7, 11) is 0. The van der Waals surface area contributed by atoms with E-state index in [1.54, 1.807) is 0 Å². The molecule has 0 aliphatic heterocycles. The van der Waals surface area contributed by atoms with Gasteiger partial charge < -0.3 is 18.6 Å². The minimum atomic E-state index is 0.833. The van der Waals surface area contributed by atoms with Crippen LogP contribution in [0.2, 0.25) is 0 Å². The molecular weight excluding hydrogens is 721 g/mol. The van der Waals surface area contributed by atoms with Crippen LogP contribution in [0.25, 0.3) is 65.4 Å². The lowest BCUT2D eigenvalue weighted by atomic mass is 9.98. The van der Waals surface area contributed by atoms with E-state index >= 15 is 0 Å². The highest BCUT2D eigenvalue weighted by molar-refractivity contribution is 6.21. The summed E-state index contributed by atoms with van der Waals surface area (Å²) in [5.41, 5.74) is 16.2. The zero-order chi connectivity index (χ0) is 39.9. The Balaban J connectivity index is 1.02. The molecule has 0 aliphatic rings. The van der Waals surface area contributed by atoms with Crippen molar-refractivity contribution < 1.29 is 8.83 Å². The molecule has 9 aromatic carbocycles. The van der Waals surface area contributed by atoms with Gasteiger partial charge in [-0.15, -0.1) is 0 Å². The van der Waals surface area contributed by atoms with Crippen molar-refractivity contribution in [3.63, 3.8) is 0 Å². The van der Waals surface area contributed by atoms with E-state index in [1.165, 1.54) is 33.0 Å². The fourth-order valence-corrected chi connectivity index (χ4v) is 8.86. The molecule has 0 radical (unpaired) electrons. The van der Waals surface area contributed by atoms with Gasteiger partial charge in [0.15, 0.2) is 0 Å². The normalized spacial score (nSPS) is 11.8. The van der Waals surface area contributed by atoms with Crippen LogP contribution in [0.4, 0.5) is 34.1 Å². The van der Waals surface area contributed by atoms with E-state index in [0.717, 1.165) is 94.3 Å². The van der Waals surface area contributed by atoms with Gasteiger partial charge in [-0.25, -0.2) is 0 Å².